The van der Waals surface area contributed by atoms with Crippen LogP contribution in [0, 0.1) is 13.8 Å². The first-order valence-corrected chi connectivity index (χ1v) is 6.50. The van der Waals surface area contributed by atoms with Gasteiger partial charge in [-0.25, -0.2) is 0 Å². The first kappa shape index (κ1) is 12.9. The molecule has 0 fully saturated rings. The summed E-state index contributed by atoms with van der Waals surface area (Å²) >= 11 is 0. The minimum absolute atomic E-state index is 0.224. The number of nitrogens with zero attached hydrogens (tertiary/aromatic N) is 1. The molecule has 2 aromatic rings. The van der Waals surface area contributed by atoms with Gasteiger partial charge in [-0.15, -0.1) is 0 Å². The van der Waals surface area contributed by atoms with Crippen LogP contribution in [0.1, 0.15) is 29.2 Å². The highest BCUT2D eigenvalue weighted by molar-refractivity contribution is 5.29. The first-order valence-electron chi connectivity index (χ1n) is 6.50. The van der Waals surface area contributed by atoms with E-state index in [1.807, 2.05) is 6.92 Å². The van der Waals surface area contributed by atoms with Gasteiger partial charge in [-0.2, -0.15) is 0 Å². The second kappa shape index (κ2) is 5.40. The third-order valence-electron chi connectivity index (χ3n) is 3.02. The molecule has 0 aliphatic carbocycles. The molecule has 1 heterocycles. The second-order valence-electron chi connectivity index (χ2n) is 5.37. The molecule has 2 heteroatoms. The van der Waals surface area contributed by atoms with Gasteiger partial charge in [0, 0.05) is 25.0 Å². The zero-order valence-electron chi connectivity index (χ0n) is 11.5. The summed E-state index contributed by atoms with van der Waals surface area (Å²) in [6.07, 6.45) is 5.27. The van der Waals surface area contributed by atoms with E-state index >= 15 is 0 Å². The number of aromatic nitrogens is 1. The van der Waals surface area contributed by atoms with E-state index in [2.05, 4.69) is 55.1 Å². The molecule has 18 heavy (non-hydrogen) atoms. The van der Waals surface area contributed by atoms with Crippen molar-refractivity contribution >= 4 is 0 Å². The van der Waals surface area contributed by atoms with Gasteiger partial charge in [-0.3, -0.25) is 0 Å². The van der Waals surface area contributed by atoms with Crippen molar-refractivity contribution in [2.24, 2.45) is 5.73 Å². The highest BCUT2D eigenvalue weighted by Gasteiger charge is 2.02. The summed E-state index contributed by atoms with van der Waals surface area (Å²) in [6.45, 7) is 7.27. The van der Waals surface area contributed by atoms with Crippen LogP contribution in [-0.4, -0.2) is 10.6 Å². The summed E-state index contributed by atoms with van der Waals surface area (Å²) in [4.78, 5) is 0. The van der Waals surface area contributed by atoms with Crippen LogP contribution in [0.15, 0.2) is 36.7 Å². The maximum Gasteiger partial charge on any atom is 0.0470 e. The highest BCUT2D eigenvalue weighted by atomic mass is 14.9. The zero-order valence-corrected chi connectivity index (χ0v) is 11.5. The lowest BCUT2D eigenvalue weighted by atomic mass is 10.1. The summed E-state index contributed by atoms with van der Waals surface area (Å²) in [7, 11) is 0. The summed E-state index contributed by atoms with van der Waals surface area (Å²) in [5.74, 6) is 0. The molecular formula is C16H22N2. The van der Waals surface area contributed by atoms with E-state index in [0.717, 1.165) is 13.0 Å². The van der Waals surface area contributed by atoms with Crippen molar-refractivity contribution in [2.45, 2.75) is 39.8 Å². The van der Waals surface area contributed by atoms with Gasteiger partial charge in [0.15, 0.2) is 0 Å². The molecule has 0 bridgehead atoms. The van der Waals surface area contributed by atoms with Crippen LogP contribution >= 0.6 is 0 Å². The molecule has 2 N–H and O–H groups in total. The predicted octanol–water partition coefficient (Wildman–Crippen LogP) is 3.04. The first-order chi connectivity index (χ1) is 8.52. The Bertz CT molecular complexity index is 503. The van der Waals surface area contributed by atoms with Crippen molar-refractivity contribution in [3.63, 3.8) is 0 Å². The second-order valence-corrected chi connectivity index (χ2v) is 5.37. The number of rotatable bonds is 4. The molecule has 2 rings (SSSR count). The fraction of sp³-hybridized carbons (Fsp3) is 0.375. The van der Waals surface area contributed by atoms with Gasteiger partial charge in [0.1, 0.15) is 0 Å². The Morgan fingerprint density at radius 1 is 1.11 bits per heavy atom. The molecule has 0 amide bonds. The minimum atomic E-state index is 0.224. The van der Waals surface area contributed by atoms with Gasteiger partial charge in [-0.05, 0) is 44.4 Å². The maximum absolute atomic E-state index is 5.82. The van der Waals surface area contributed by atoms with Crippen molar-refractivity contribution in [3.05, 3.63) is 58.9 Å². The van der Waals surface area contributed by atoms with E-state index in [1.165, 1.54) is 22.3 Å². The molecule has 0 spiro atoms. The van der Waals surface area contributed by atoms with Gasteiger partial charge in [0.05, 0.1) is 0 Å². The average Bonchev–Trinajstić information content (AvgIpc) is 2.62. The van der Waals surface area contributed by atoms with Crippen LogP contribution < -0.4 is 5.73 Å². The van der Waals surface area contributed by atoms with Crippen LogP contribution in [-0.2, 0) is 13.0 Å². The monoisotopic (exact) mass is 242 g/mol. The third-order valence-corrected chi connectivity index (χ3v) is 3.02. The lowest BCUT2D eigenvalue weighted by Gasteiger charge is -2.06. The van der Waals surface area contributed by atoms with E-state index in [9.17, 15) is 0 Å². The molecule has 1 aromatic heterocycles. The summed E-state index contributed by atoms with van der Waals surface area (Å²) in [5, 5.41) is 0. The minimum Gasteiger partial charge on any atom is -0.350 e. The zero-order chi connectivity index (χ0) is 13.1. The fourth-order valence-electron chi connectivity index (χ4n) is 2.45. The molecular weight excluding hydrogens is 220 g/mol. The lowest BCUT2D eigenvalue weighted by Crippen LogP contribution is -2.17. The standard InChI is InChI=1S/C16H22N2/c1-12-6-13(2)8-16(7-12)11-18-5-4-15(10-18)9-14(3)17/h4-8,10,14H,9,11,17H2,1-3H3. The van der Waals surface area contributed by atoms with Crippen molar-refractivity contribution in [3.8, 4) is 0 Å². The van der Waals surface area contributed by atoms with Crippen molar-refractivity contribution in [2.75, 3.05) is 0 Å². The van der Waals surface area contributed by atoms with Crippen molar-refractivity contribution in [1.82, 2.24) is 4.57 Å². The Morgan fingerprint density at radius 3 is 2.39 bits per heavy atom. The van der Waals surface area contributed by atoms with Gasteiger partial charge in [-0.1, -0.05) is 29.3 Å². The quantitative estimate of drug-likeness (QED) is 0.877. The maximum atomic E-state index is 5.82. The lowest BCUT2D eigenvalue weighted by molar-refractivity contribution is 0.731. The molecule has 0 aliphatic rings. The third kappa shape index (κ3) is 3.47. The van der Waals surface area contributed by atoms with Crippen LogP contribution in [0.25, 0.3) is 0 Å². The molecule has 1 atom stereocenters. The fourth-order valence-corrected chi connectivity index (χ4v) is 2.45. The number of nitrogens with two attached hydrogens (primary N) is 1. The molecule has 0 saturated carbocycles. The Labute approximate surface area is 109 Å². The largest absolute Gasteiger partial charge is 0.350 e. The van der Waals surface area contributed by atoms with Gasteiger partial charge < -0.3 is 10.3 Å². The number of hydrogen-bond acceptors (Lipinski definition) is 1. The van der Waals surface area contributed by atoms with E-state index < -0.39 is 0 Å². The number of benzene rings is 1. The van der Waals surface area contributed by atoms with Crippen molar-refractivity contribution in [1.29, 1.82) is 0 Å². The van der Waals surface area contributed by atoms with Gasteiger partial charge in [0.2, 0.25) is 0 Å². The van der Waals surface area contributed by atoms with E-state index in [-0.39, 0.29) is 6.04 Å². The average molecular weight is 242 g/mol. The summed E-state index contributed by atoms with van der Waals surface area (Å²) < 4.78 is 2.23. The highest BCUT2D eigenvalue weighted by Crippen LogP contribution is 2.12. The van der Waals surface area contributed by atoms with Crippen LogP contribution in [0.2, 0.25) is 0 Å². The van der Waals surface area contributed by atoms with Crippen molar-refractivity contribution < 1.29 is 0 Å². The van der Waals surface area contributed by atoms with E-state index in [0.29, 0.717) is 0 Å². The van der Waals surface area contributed by atoms with Gasteiger partial charge in [0.25, 0.3) is 0 Å². The van der Waals surface area contributed by atoms with Gasteiger partial charge >= 0.3 is 0 Å². The molecule has 96 valence electrons. The smallest absolute Gasteiger partial charge is 0.0470 e. The molecule has 0 saturated heterocycles. The SMILES string of the molecule is Cc1cc(C)cc(Cn2ccc(CC(C)N)c2)c1. The molecule has 0 aliphatic heterocycles. The summed E-state index contributed by atoms with van der Waals surface area (Å²) in [5.41, 5.74) is 11.1. The normalized spacial score (nSPS) is 12.7. The van der Waals surface area contributed by atoms with Crippen LogP contribution in [0.4, 0.5) is 0 Å². The summed E-state index contributed by atoms with van der Waals surface area (Å²) in [6, 6.07) is 9.09. The molecule has 1 unspecified atom stereocenters. The Morgan fingerprint density at radius 2 is 1.78 bits per heavy atom. The number of aryl methyl sites for hydroxylation is 2. The topological polar surface area (TPSA) is 30.9 Å². The molecule has 2 nitrogen and oxygen atoms in total. The molecule has 0 radical (unpaired) electrons. The number of hydrogen-bond donors (Lipinski definition) is 1. The molecule has 1 aromatic carbocycles. The van der Waals surface area contributed by atoms with E-state index in [1.54, 1.807) is 0 Å². The van der Waals surface area contributed by atoms with E-state index in [4.69, 9.17) is 5.73 Å². The van der Waals surface area contributed by atoms with Crippen LogP contribution in [0.5, 0.6) is 0 Å². The predicted molar refractivity (Wildman–Crippen MR) is 76.8 cm³/mol. The Hall–Kier alpha value is -1.54. The van der Waals surface area contributed by atoms with Crippen LogP contribution in [0.3, 0.4) is 0 Å². The Balaban J connectivity index is 2.11. The Kier molecular flexibility index (Phi) is 3.87.